The van der Waals surface area contributed by atoms with Crippen LogP contribution in [0, 0.1) is 0 Å². The number of aryl methyl sites for hydroxylation is 2. The van der Waals surface area contributed by atoms with Gasteiger partial charge in [0, 0.05) is 32.1 Å². The van der Waals surface area contributed by atoms with Crippen molar-refractivity contribution in [1.82, 2.24) is 5.16 Å². The van der Waals surface area contributed by atoms with Gasteiger partial charge >= 0.3 is 0 Å². The molecule has 1 heterocycles. The fourth-order valence-electron chi connectivity index (χ4n) is 5.01. The molecule has 0 bridgehead atoms. The van der Waals surface area contributed by atoms with Crippen LogP contribution in [0.3, 0.4) is 0 Å². The second-order valence-corrected chi connectivity index (χ2v) is 9.21. The highest BCUT2D eigenvalue weighted by Gasteiger charge is 2.33. The van der Waals surface area contributed by atoms with Crippen LogP contribution in [-0.2, 0) is 24.2 Å². The molecular weight excluding hydrogens is 440 g/mol. The monoisotopic (exact) mass is 468 g/mol. The minimum absolute atomic E-state index is 0.00771. The Bertz CT molecular complexity index is 1290. The fraction of sp³-hybridized carbons (Fsp3) is 0.310. The quantitative estimate of drug-likeness (QED) is 0.369. The highest BCUT2D eigenvalue weighted by molar-refractivity contribution is 6.24. The number of benzene rings is 2. The topological polar surface area (TPSA) is 92.8 Å². The lowest BCUT2D eigenvalue weighted by molar-refractivity contribution is -0.116. The Morgan fingerprint density at radius 1 is 0.971 bits per heavy atom. The predicted octanol–water partition coefficient (Wildman–Crippen LogP) is 5.73. The maximum absolute atomic E-state index is 13.3. The molecule has 1 aromatic heterocycles. The average Bonchev–Trinajstić information content (AvgIpc) is 3.31. The number of carbonyl (C=O) groups is 2. The van der Waals surface area contributed by atoms with Gasteiger partial charge in [0.1, 0.15) is 11.5 Å². The number of aliphatic hydroxyl groups is 1. The van der Waals surface area contributed by atoms with Gasteiger partial charge < -0.3 is 9.63 Å². The minimum Gasteiger partial charge on any atom is -0.511 e. The molecule has 178 valence electrons. The maximum atomic E-state index is 13.3. The summed E-state index contributed by atoms with van der Waals surface area (Å²) < 4.78 is 5.37. The van der Waals surface area contributed by atoms with Gasteiger partial charge in [-0.2, -0.15) is 0 Å². The molecule has 6 nitrogen and oxygen atoms in total. The molecule has 2 aliphatic carbocycles. The van der Waals surface area contributed by atoms with Crippen LogP contribution in [-0.4, -0.2) is 27.5 Å². The first kappa shape index (κ1) is 23.0. The number of allylic oxidation sites excluding steroid dienone is 2. The molecule has 5 rings (SSSR count). The minimum atomic E-state index is -0.104. The van der Waals surface area contributed by atoms with Gasteiger partial charge in [0.25, 0.3) is 0 Å². The van der Waals surface area contributed by atoms with Crippen molar-refractivity contribution in [1.29, 1.82) is 0 Å². The number of aliphatic imine (C=N–C) groups is 1. The maximum Gasteiger partial charge on any atom is 0.168 e. The summed E-state index contributed by atoms with van der Waals surface area (Å²) in [6.45, 7) is 0.438. The zero-order chi connectivity index (χ0) is 24.2. The highest BCUT2D eigenvalue weighted by atomic mass is 16.5. The van der Waals surface area contributed by atoms with Crippen LogP contribution in [0.1, 0.15) is 71.0 Å². The molecule has 1 saturated carbocycles. The smallest absolute Gasteiger partial charge is 0.168 e. The molecule has 0 saturated heterocycles. The first-order valence-corrected chi connectivity index (χ1v) is 12.2. The molecule has 6 heteroatoms. The number of aliphatic hydroxyl groups excluding tert-OH is 1. The van der Waals surface area contributed by atoms with Crippen molar-refractivity contribution < 1.29 is 19.2 Å². The number of aromatic nitrogens is 1. The average molecular weight is 469 g/mol. The lowest BCUT2D eigenvalue weighted by Gasteiger charge is -2.26. The van der Waals surface area contributed by atoms with Crippen LogP contribution in [0.15, 0.2) is 81.5 Å². The first-order chi connectivity index (χ1) is 17.1. The van der Waals surface area contributed by atoms with Crippen molar-refractivity contribution in [2.75, 3.05) is 0 Å². The number of hydrogen-bond acceptors (Lipinski definition) is 6. The zero-order valence-corrected chi connectivity index (χ0v) is 19.6. The summed E-state index contributed by atoms with van der Waals surface area (Å²) in [6.07, 6.45) is 3.41. The molecular formula is C29H28N2O4. The Kier molecular flexibility index (Phi) is 6.70. The van der Waals surface area contributed by atoms with E-state index in [0.717, 1.165) is 17.5 Å². The van der Waals surface area contributed by atoms with E-state index in [-0.39, 0.29) is 29.7 Å². The molecule has 1 N–H and O–H groups in total. The van der Waals surface area contributed by atoms with Crippen molar-refractivity contribution >= 4 is 17.3 Å². The standard InChI is InChI=1S/C29H28N2O4/c32-24-12-7-13-27-29(24)22(31-35-27)14-15-25(33)28-23(30-18-19-8-3-1-4-9-19)16-21(17-26(28)34)20-10-5-2-6-11-20/h1-6,8-11,21,33H,7,12-18H2/b28-25-,30-23?. The lowest BCUT2D eigenvalue weighted by Crippen LogP contribution is -2.27. The van der Waals surface area contributed by atoms with E-state index in [1.54, 1.807) is 0 Å². The Morgan fingerprint density at radius 3 is 2.49 bits per heavy atom. The second-order valence-electron chi connectivity index (χ2n) is 9.21. The molecule has 0 radical (unpaired) electrons. The Labute approximate surface area is 204 Å². The largest absolute Gasteiger partial charge is 0.511 e. The molecule has 1 unspecified atom stereocenters. The van der Waals surface area contributed by atoms with Gasteiger partial charge in [-0.15, -0.1) is 0 Å². The number of ketones is 2. The van der Waals surface area contributed by atoms with E-state index in [0.29, 0.717) is 67.0 Å². The predicted molar refractivity (Wildman–Crippen MR) is 133 cm³/mol. The molecule has 1 fully saturated rings. The third kappa shape index (κ3) is 5.02. The summed E-state index contributed by atoms with van der Waals surface area (Å²) in [7, 11) is 0. The number of hydrogen-bond donors (Lipinski definition) is 1. The molecule has 2 aliphatic rings. The third-order valence-corrected chi connectivity index (χ3v) is 6.81. The normalized spacial score (nSPS) is 20.7. The molecule has 3 aromatic rings. The lowest BCUT2D eigenvalue weighted by atomic mass is 9.78. The number of rotatable bonds is 6. The van der Waals surface area contributed by atoms with E-state index >= 15 is 0 Å². The van der Waals surface area contributed by atoms with Gasteiger partial charge in [0.15, 0.2) is 11.6 Å². The molecule has 0 aliphatic heterocycles. The Morgan fingerprint density at radius 2 is 1.71 bits per heavy atom. The molecule has 2 aromatic carbocycles. The summed E-state index contributed by atoms with van der Waals surface area (Å²) in [5, 5.41) is 15.2. The number of carbonyl (C=O) groups excluding carboxylic acids is 2. The van der Waals surface area contributed by atoms with E-state index < -0.39 is 0 Å². The molecule has 35 heavy (non-hydrogen) atoms. The van der Waals surface area contributed by atoms with Crippen LogP contribution >= 0.6 is 0 Å². The van der Waals surface area contributed by atoms with Crippen molar-refractivity contribution in [3.05, 3.63) is 100 Å². The second kappa shape index (κ2) is 10.2. The molecule has 0 amide bonds. The van der Waals surface area contributed by atoms with Crippen LogP contribution in [0.5, 0.6) is 0 Å². The summed E-state index contributed by atoms with van der Waals surface area (Å²) >= 11 is 0. The van der Waals surface area contributed by atoms with Crippen LogP contribution in [0.2, 0.25) is 0 Å². The summed E-state index contributed by atoms with van der Waals surface area (Å²) in [5.41, 5.74) is 4.21. The van der Waals surface area contributed by atoms with Gasteiger partial charge in [-0.05, 0) is 29.9 Å². The Balaban J connectivity index is 1.42. The SMILES string of the molecule is O=C1CC(c2ccccc2)CC(=NCc2ccccc2)/C1=C(/O)CCc1noc2c1C(=O)CCC2. The van der Waals surface area contributed by atoms with Crippen molar-refractivity contribution in [3.63, 3.8) is 0 Å². The highest BCUT2D eigenvalue weighted by Crippen LogP contribution is 2.34. The first-order valence-electron chi connectivity index (χ1n) is 12.2. The van der Waals surface area contributed by atoms with Gasteiger partial charge in [0.05, 0.1) is 29.1 Å². The van der Waals surface area contributed by atoms with Gasteiger partial charge in [-0.25, -0.2) is 0 Å². The molecule has 0 spiro atoms. The fourth-order valence-corrected chi connectivity index (χ4v) is 5.01. The third-order valence-electron chi connectivity index (χ3n) is 6.81. The van der Waals surface area contributed by atoms with E-state index in [1.165, 1.54) is 0 Å². The van der Waals surface area contributed by atoms with Crippen molar-refractivity contribution in [2.45, 2.75) is 57.4 Å². The van der Waals surface area contributed by atoms with Crippen LogP contribution in [0.4, 0.5) is 0 Å². The number of Topliss-reactive ketones (excluding diaryl/α,β-unsaturated/α-hetero) is 2. The van der Waals surface area contributed by atoms with E-state index in [9.17, 15) is 14.7 Å². The zero-order valence-electron chi connectivity index (χ0n) is 19.6. The number of fused-ring (bicyclic) bond motifs is 1. The summed E-state index contributed by atoms with van der Waals surface area (Å²) in [5.74, 6) is 0.600. The molecule has 1 atom stereocenters. The van der Waals surface area contributed by atoms with Crippen molar-refractivity contribution in [2.24, 2.45) is 4.99 Å². The summed E-state index contributed by atoms with van der Waals surface area (Å²) in [6, 6.07) is 19.9. The summed E-state index contributed by atoms with van der Waals surface area (Å²) in [4.78, 5) is 30.5. The van der Waals surface area contributed by atoms with E-state index in [2.05, 4.69) is 5.16 Å². The van der Waals surface area contributed by atoms with E-state index in [4.69, 9.17) is 9.52 Å². The number of nitrogens with zero attached hydrogens (tertiary/aromatic N) is 2. The van der Waals surface area contributed by atoms with Gasteiger partial charge in [-0.1, -0.05) is 65.8 Å². The van der Waals surface area contributed by atoms with Crippen molar-refractivity contribution in [3.8, 4) is 0 Å². The van der Waals surface area contributed by atoms with Gasteiger partial charge in [0.2, 0.25) is 0 Å². The van der Waals surface area contributed by atoms with Crippen LogP contribution in [0.25, 0.3) is 0 Å². The van der Waals surface area contributed by atoms with Gasteiger partial charge in [-0.3, -0.25) is 14.6 Å². The van der Waals surface area contributed by atoms with E-state index in [1.807, 2.05) is 60.7 Å². The Hall–Kier alpha value is -3.80. The van der Waals surface area contributed by atoms with Crippen LogP contribution < -0.4 is 0 Å².